The van der Waals surface area contributed by atoms with Crippen molar-refractivity contribution in [2.24, 2.45) is 0 Å². The maximum absolute atomic E-state index is 15.0. The molecule has 1 saturated heterocycles. The van der Waals surface area contributed by atoms with Crippen molar-refractivity contribution in [3.05, 3.63) is 45.9 Å². The number of hydrogen-bond donors (Lipinski definition) is 1. The molecule has 29 heavy (non-hydrogen) atoms. The first kappa shape index (κ1) is 18.3. The highest BCUT2D eigenvalue weighted by Gasteiger charge is 2.34. The summed E-state index contributed by atoms with van der Waals surface area (Å²) in [5.74, 6) is 1.27. The average molecular weight is 398 g/mol. The Bertz CT molecular complexity index is 996. The molecule has 5 heterocycles. The molecule has 7 nitrogen and oxygen atoms in total. The Labute approximate surface area is 168 Å². The molecule has 1 fully saturated rings. The molecule has 2 aromatic heterocycles. The van der Waals surface area contributed by atoms with Crippen molar-refractivity contribution < 1.29 is 18.7 Å². The van der Waals surface area contributed by atoms with Gasteiger partial charge in [0, 0.05) is 18.5 Å². The maximum atomic E-state index is 15.0. The van der Waals surface area contributed by atoms with Crippen molar-refractivity contribution in [2.45, 2.75) is 52.3 Å². The predicted octanol–water partition coefficient (Wildman–Crippen LogP) is 2.36. The summed E-state index contributed by atoms with van der Waals surface area (Å²) in [5, 5.41) is 2.82. The third-order valence-corrected chi connectivity index (χ3v) is 6.05. The van der Waals surface area contributed by atoms with Gasteiger partial charge in [-0.2, -0.15) is 0 Å². The fourth-order valence-corrected chi connectivity index (χ4v) is 4.31. The Balaban J connectivity index is 1.32. The van der Waals surface area contributed by atoms with Crippen LogP contribution in [0.15, 0.2) is 12.3 Å². The zero-order chi connectivity index (χ0) is 20.1. The lowest BCUT2D eigenvalue weighted by molar-refractivity contribution is 0.0814. The smallest absolute Gasteiger partial charge is 0.253 e. The first-order valence-electron chi connectivity index (χ1n) is 9.90. The fourth-order valence-electron chi connectivity index (χ4n) is 4.31. The summed E-state index contributed by atoms with van der Waals surface area (Å²) in [6.45, 7) is 6.19. The van der Waals surface area contributed by atoms with Crippen molar-refractivity contribution in [1.82, 2.24) is 15.3 Å². The number of alkyl halides is 1. The normalized spacial score (nSPS) is 23.0. The van der Waals surface area contributed by atoms with E-state index < -0.39 is 12.3 Å². The molecule has 2 atom stereocenters. The summed E-state index contributed by atoms with van der Waals surface area (Å²) < 4.78 is 26.3. The van der Waals surface area contributed by atoms with E-state index in [0.29, 0.717) is 44.0 Å². The van der Waals surface area contributed by atoms with E-state index in [1.807, 2.05) is 24.8 Å². The third kappa shape index (κ3) is 3.11. The van der Waals surface area contributed by atoms with Gasteiger partial charge in [0.1, 0.15) is 17.7 Å². The molecule has 5 rings (SSSR count). The van der Waals surface area contributed by atoms with Crippen LogP contribution < -0.4 is 15.0 Å². The lowest BCUT2D eigenvalue weighted by Gasteiger charge is -2.36. The number of amides is 1. The molecular formula is C21H23FN4O3. The Kier molecular flexibility index (Phi) is 4.38. The predicted molar refractivity (Wildman–Crippen MR) is 104 cm³/mol. The fraction of sp³-hybridized carbons (Fsp3) is 0.476. The number of rotatable bonds is 3. The first-order chi connectivity index (χ1) is 14.0. The number of fused-ring (bicyclic) bond motifs is 2. The Morgan fingerprint density at radius 2 is 2.14 bits per heavy atom. The first-order valence-corrected chi connectivity index (χ1v) is 9.90. The second-order valence-corrected chi connectivity index (χ2v) is 7.87. The molecule has 0 aliphatic carbocycles. The van der Waals surface area contributed by atoms with Crippen molar-refractivity contribution in [3.63, 3.8) is 0 Å². The molecule has 0 saturated carbocycles. The maximum Gasteiger partial charge on any atom is 0.253 e. The molecule has 0 bridgehead atoms. The van der Waals surface area contributed by atoms with Gasteiger partial charge in [0.15, 0.2) is 6.17 Å². The Morgan fingerprint density at radius 3 is 2.97 bits per heavy atom. The number of aromatic nitrogens is 2. The molecule has 1 amide bonds. The van der Waals surface area contributed by atoms with Crippen LogP contribution in [0.4, 0.5) is 10.2 Å². The third-order valence-electron chi connectivity index (χ3n) is 6.05. The number of pyridine rings is 2. The molecule has 1 N–H and O–H groups in total. The summed E-state index contributed by atoms with van der Waals surface area (Å²) in [5.41, 5.74) is 5.18. The number of carbonyl (C=O) groups excluding carboxylic acids is 1. The minimum atomic E-state index is -1.15. The second kappa shape index (κ2) is 6.95. The lowest BCUT2D eigenvalue weighted by atomic mass is 10.0. The van der Waals surface area contributed by atoms with Gasteiger partial charge in [0.25, 0.3) is 5.91 Å². The number of ether oxygens (including phenoxy) is 2. The largest absolute Gasteiger partial charge is 0.486 e. The zero-order valence-corrected chi connectivity index (χ0v) is 16.5. The standard InChI is InChI=1S/C21H23FN4O3/c1-11-12(2)20(25-16-7-24-21(27)19(11)16)26-4-3-18(15(22)8-26)29-14-5-13-9-28-10-17(13)23-6-14/h5-6,15,18H,3-4,7-10H2,1-2H3,(H,24,27)/t15-,18+/m0/s1. The number of hydrogen-bond acceptors (Lipinski definition) is 6. The summed E-state index contributed by atoms with van der Waals surface area (Å²) in [6, 6.07) is 1.90. The van der Waals surface area contributed by atoms with Crippen LogP contribution in [-0.2, 0) is 24.5 Å². The van der Waals surface area contributed by atoms with Crippen LogP contribution in [0.3, 0.4) is 0 Å². The van der Waals surface area contributed by atoms with Crippen LogP contribution >= 0.6 is 0 Å². The molecule has 0 aromatic carbocycles. The lowest BCUT2D eigenvalue weighted by Crippen LogP contribution is -2.47. The summed E-state index contributed by atoms with van der Waals surface area (Å²) in [4.78, 5) is 23.0. The van der Waals surface area contributed by atoms with E-state index in [-0.39, 0.29) is 12.5 Å². The highest BCUT2D eigenvalue weighted by molar-refractivity contribution is 5.99. The molecule has 3 aliphatic heterocycles. The van der Waals surface area contributed by atoms with Crippen molar-refractivity contribution in [1.29, 1.82) is 0 Å². The van der Waals surface area contributed by atoms with Gasteiger partial charge in [0.2, 0.25) is 0 Å². The van der Waals surface area contributed by atoms with E-state index in [4.69, 9.17) is 9.47 Å². The number of nitrogens with zero attached hydrogens (tertiary/aromatic N) is 3. The van der Waals surface area contributed by atoms with E-state index >= 15 is 4.39 Å². The number of nitrogens with one attached hydrogen (secondary N) is 1. The molecule has 3 aliphatic rings. The van der Waals surface area contributed by atoms with Crippen LogP contribution in [0.25, 0.3) is 0 Å². The van der Waals surface area contributed by atoms with Crippen molar-refractivity contribution in [2.75, 3.05) is 18.0 Å². The zero-order valence-electron chi connectivity index (χ0n) is 16.5. The van der Waals surface area contributed by atoms with Gasteiger partial charge in [-0.05, 0) is 31.0 Å². The van der Waals surface area contributed by atoms with E-state index in [1.54, 1.807) is 6.20 Å². The van der Waals surface area contributed by atoms with Crippen LogP contribution in [0.5, 0.6) is 5.75 Å². The summed E-state index contributed by atoms with van der Waals surface area (Å²) >= 11 is 0. The SMILES string of the molecule is Cc1c(N2CC[C@@H](Oc3cnc4c(c3)COC4)[C@@H](F)C2)nc2c(c1C)C(=O)NC2. The summed E-state index contributed by atoms with van der Waals surface area (Å²) in [6.07, 6.45) is 0.519. The highest BCUT2D eigenvalue weighted by atomic mass is 19.1. The second-order valence-electron chi connectivity index (χ2n) is 7.87. The van der Waals surface area contributed by atoms with Crippen LogP contribution in [0.1, 0.15) is 44.9 Å². The molecule has 152 valence electrons. The quantitative estimate of drug-likeness (QED) is 0.856. The summed E-state index contributed by atoms with van der Waals surface area (Å²) in [7, 11) is 0. The average Bonchev–Trinajstić information content (AvgIpc) is 3.32. The van der Waals surface area contributed by atoms with Crippen LogP contribution in [0.2, 0.25) is 0 Å². The van der Waals surface area contributed by atoms with E-state index in [2.05, 4.69) is 15.3 Å². The van der Waals surface area contributed by atoms with Gasteiger partial charge in [-0.25, -0.2) is 9.37 Å². The van der Waals surface area contributed by atoms with E-state index in [9.17, 15) is 4.79 Å². The highest BCUT2D eigenvalue weighted by Crippen LogP contribution is 2.31. The topological polar surface area (TPSA) is 76.6 Å². The molecule has 0 radical (unpaired) electrons. The van der Waals surface area contributed by atoms with Crippen molar-refractivity contribution in [3.8, 4) is 5.75 Å². The number of halogens is 1. The number of anilines is 1. The Morgan fingerprint density at radius 1 is 1.28 bits per heavy atom. The number of piperidine rings is 1. The molecule has 0 spiro atoms. The molecular weight excluding hydrogens is 375 g/mol. The molecule has 0 unspecified atom stereocenters. The van der Waals surface area contributed by atoms with Crippen molar-refractivity contribution >= 4 is 11.7 Å². The van der Waals surface area contributed by atoms with Gasteiger partial charge >= 0.3 is 0 Å². The number of carbonyl (C=O) groups is 1. The molecule has 8 heteroatoms. The van der Waals surface area contributed by atoms with Gasteiger partial charge in [-0.3, -0.25) is 9.78 Å². The van der Waals surface area contributed by atoms with Gasteiger partial charge < -0.3 is 19.7 Å². The van der Waals surface area contributed by atoms with Crippen LogP contribution in [0, 0.1) is 13.8 Å². The monoisotopic (exact) mass is 398 g/mol. The van der Waals surface area contributed by atoms with Gasteiger partial charge in [0.05, 0.1) is 49.5 Å². The van der Waals surface area contributed by atoms with E-state index in [0.717, 1.165) is 33.9 Å². The van der Waals surface area contributed by atoms with Crippen LogP contribution in [-0.4, -0.2) is 41.2 Å². The van der Waals surface area contributed by atoms with E-state index in [1.165, 1.54) is 0 Å². The minimum Gasteiger partial charge on any atom is -0.486 e. The van der Waals surface area contributed by atoms with Gasteiger partial charge in [-0.1, -0.05) is 0 Å². The minimum absolute atomic E-state index is 0.0801. The Hall–Kier alpha value is -2.74. The van der Waals surface area contributed by atoms with Gasteiger partial charge in [-0.15, -0.1) is 0 Å². The molecule has 2 aromatic rings.